The summed E-state index contributed by atoms with van der Waals surface area (Å²) >= 11 is 0. The van der Waals surface area contributed by atoms with Gasteiger partial charge in [-0.3, -0.25) is 0 Å². The number of aromatic nitrogens is 2. The van der Waals surface area contributed by atoms with Crippen molar-refractivity contribution in [2.45, 2.75) is 13.3 Å². The molecule has 0 radical (unpaired) electrons. The molecule has 0 saturated carbocycles. The van der Waals surface area contributed by atoms with Crippen LogP contribution in [0, 0.1) is 6.92 Å². The Morgan fingerprint density at radius 1 is 0.704 bits per heavy atom. The van der Waals surface area contributed by atoms with Crippen molar-refractivity contribution in [2.24, 2.45) is 0 Å². The number of rotatable bonds is 3. The highest BCUT2D eigenvalue weighted by molar-refractivity contribution is 6.08. The smallest absolute Gasteiger partial charge is 0.0822 e. The maximum Gasteiger partial charge on any atom is 0.0822 e. The van der Waals surface area contributed by atoms with Crippen molar-refractivity contribution >= 4 is 21.7 Å². The van der Waals surface area contributed by atoms with Gasteiger partial charge in [-0.05, 0) is 48.1 Å². The molecule has 0 bridgehead atoms. The summed E-state index contributed by atoms with van der Waals surface area (Å²) in [4.78, 5) is 0. The van der Waals surface area contributed by atoms with E-state index >= 15 is 0 Å². The lowest BCUT2D eigenvalue weighted by Gasteiger charge is -2.11. The summed E-state index contributed by atoms with van der Waals surface area (Å²) in [6.07, 6.45) is 0.924. The van der Waals surface area contributed by atoms with Crippen LogP contribution in [0.1, 0.15) is 16.8 Å². The topological polar surface area (TPSA) is 17.8 Å². The third-order valence-electron chi connectivity index (χ3n) is 5.19. The molecule has 0 aliphatic carbocycles. The van der Waals surface area contributed by atoms with Gasteiger partial charge in [0.2, 0.25) is 0 Å². The zero-order valence-electron chi connectivity index (χ0n) is 15.3. The highest BCUT2D eigenvalue weighted by atomic mass is 15.3. The van der Waals surface area contributed by atoms with Crippen LogP contribution >= 0.6 is 0 Å². The van der Waals surface area contributed by atoms with Crippen LogP contribution in [0.25, 0.3) is 27.4 Å². The predicted molar refractivity (Wildman–Crippen MR) is 113 cm³/mol. The minimum Gasteiger partial charge on any atom is -0.232 e. The molecule has 130 valence electrons. The van der Waals surface area contributed by atoms with Gasteiger partial charge >= 0.3 is 0 Å². The Hall–Kier alpha value is -3.39. The van der Waals surface area contributed by atoms with Crippen molar-refractivity contribution in [3.63, 3.8) is 0 Å². The molecule has 0 unspecified atom stereocenters. The van der Waals surface area contributed by atoms with Crippen molar-refractivity contribution in [1.82, 2.24) is 9.78 Å². The average Bonchev–Trinajstić information content (AvgIpc) is 3.06. The minimum absolute atomic E-state index is 0.924. The Morgan fingerprint density at radius 3 is 2.07 bits per heavy atom. The SMILES string of the molecule is Cc1nn(-c2ccccc2)c2c1cc(Cc1ccccc1)c1ccccc12. The molecule has 0 aliphatic heterocycles. The van der Waals surface area contributed by atoms with Crippen molar-refractivity contribution in [3.8, 4) is 5.69 Å². The van der Waals surface area contributed by atoms with Crippen LogP contribution in [0.15, 0.2) is 91.0 Å². The Labute approximate surface area is 158 Å². The van der Waals surface area contributed by atoms with Gasteiger partial charge in [0, 0.05) is 10.8 Å². The van der Waals surface area contributed by atoms with E-state index in [4.69, 9.17) is 5.10 Å². The van der Waals surface area contributed by atoms with Crippen LogP contribution < -0.4 is 0 Å². The molecule has 2 heteroatoms. The number of benzene rings is 4. The minimum atomic E-state index is 0.924. The van der Waals surface area contributed by atoms with Crippen molar-refractivity contribution in [3.05, 3.63) is 108 Å². The van der Waals surface area contributed by atoms with E-state index in [-0.39, 0.29) is 0 Å². The number of para-hydroxylation sites is 1. The lowest BCUT2D eigenvalue weighted by molar-refractivity contribution is 0.891. The average molecular weight is 348 g/mol. The van der Waals surface area contributed by atoms with Gasteiger partial charge < -0.3 is 0 Å². The van der Waals surface area contributed by atoms with Crippen LogP contribution in [-0.4, -0.2) is 9.78 Å². The quantitative estimate of drug-likeness (QED) is 0.386. The van der Waals surface area contributed by atoms with Gasteiger partial charge in [-0.25, -0.2) is 4.68 Å². The van der Waals surface area contributed by atoms with Crippen molar-refractivity contribution in [2.75, 3.05) is 0 Å². The molecule has 4 aromatic carbocycles. The van der Waals surface area contributed by atoms with E-state index in [1.807, 2.05) is 6.07 Å². The maximum atomic E-state index is 4.87. The lowest BCUT2D eigenvalue weighted by atomic mass is 9.95. The normalized spacial score (nSPS) is 11.3. The molecule has 0 atom stereocenters. The van der Waals surface area contributed by atoms with Crippen molar-refractivity contribution < 1.29 is 0 Å². The molecule has 5 rings (SSSR count). The monoisotopic (exact) mass is 348 g/mol. The molecule has 0 spiro atoms. The molecule has 5 aromatic rings. The predicted octanol–water partition coefficient (Wildman–Crippen LogP) is 6.08. The molecular formula is C25H20N2. The Bertz CT molecular complexity index is 1240. The van der Waals surface area contributed by atoms with E-state index in [1.165, 1.54) is 32.8 Å². The summed E-state index contributed by atoms with van der Waals surface area (Å²) in [5.74, 6) is 0. The fourth-order valence-electron chi connectivity index (χ4n) is 3.91. The fourth-order valence-corrected chi connectivity index (χ4v) is 3.91. The summed E-state index contributed by atoms with van der Waals surface area (Å²) in [5, 5.41) is 8.65. The standard InChI is InChI=1S/C25H20N2/c1-18-24-17-20(16-19-10-4-2-5-11-19)22-14-8-9-15-23(22)25(24)27(26-18)21-12-6-3-7-13-21/h2-15,17H,16H2,1H3. The molecule has 0 fully saturated rings. The Morgan fingerprint density at radius 2 is 1.33 bits per heavy atom. The van der Waals surface area contributed by atoms with Gasteiger partial charge in [0.05, 0.1) is 16.9 Å². The number of fused-ring (bicyclic) bond motifs is 3. The van der Waals surface area contributed by atoms with E-state index in [0.717, 1.165) is 17.8 Å². The van der Waals surface area contributed by atoms with Gasteiger partial charge in [-0.15, -0.1) is 0 Å². The molecule has 0 aliphatic rings. The number of aryl methyl sites for hydroxylation is 1. The first-order chi connectivity index (χ1) is 13.3. The van der Waals surface area contributed by atoms with Crippen LogP contribution in [0.2, 0.25) is 0 Å². The van der Waals surface area contributed by atoms with Crippen LogP contribution in [0.4, 0.5) is 0 Å². The summed E-state index contributed by atoms with van der Waals surface area (Å²) < 4.78 is 2.08. The highest BCUT2D eigenvalue weighted by Crippen LogP contribution is 2.33. The van der Waals surface area contributed by atoms with E-state index < -0.39 is 0 Å². The molecule has 27 heavy (non-hydrogen) atoms. The van der Waals surface area contributed by atoms with Gasteiger partial charge in [0.15, 0.2) is 0 Å². The Balaban J connectivity index is 1.81. The molecule has 0 saturated heterocycles. The largest absolute Gasteiger partial charge is 0.232 e. The number of hydrogen-bond acceptors (Lipinski definition) is 1. The zero-order chi connectivity index (χ0) is 18.2. The molecule has 1 heterocycles. The van der Waals surface area contributed by atoms with E-state index in [0.29, 0.717) is 0 Å². The summed E-state index contributed by atoms with van der Waals surface area (Å²) in [7, 11) is 0. The number of hydrogen-bond donors (Lipinski definition) is 0. The lowest BCUT2D eigenvalue weighted by Crippen LogP contribution is -1.97. The second-order valence-corrected chi connectivity index (χ2v) is 6.97. The first kappa shape index (κ1) is 15.8. The van der Waals surface area contributed by atoms with Gasteiger partial charge in [-0.2, -0.15) is 5.10 Å². The van der Waals surface area contributed by atoms with Gasteiger partial charge in [0.1, 0.15) is 0 Å². The number of nitrogens with zero attached hydrogens (tertiary/aromatic N) is 2. The van der Waals surface area contributed by atoms with Crippen LogP contribution in [0.3, 0.4) is 0 Å². The molecule has 0 amide bonds. The van der Waals surface area contributed by atoms with Crippen LogP contribution in [0.5, 0.6) is 0 Å². The molecule has 2 nitrogen and oxygen atoms in total. The van der Waals surface area contributed by atoms with Gasteiger partial charge in [0.25, 0.3) is 0 Å². The fraction of sp³-hybridized carbons (Fsp3) is 0.0800. The summed E-state index contributed by atoms with van der Waals surface area (Å²) in [6.45, 7) is 2.10. The molecular weight excluding hydrogens is 328 g/mol. The van der Waals surface area contributed by atoms with Gasteiger partial charge in [-0.1, -0.05) is 72.8 Å². The van der Waals surface area contributed by atoms with E-state index in [9.17, 15) is 0 Å². The van der Waals surface area contributed by atoms with Crippen molar-refractivity contribution in [1.29, 1.82) is 0 Å². The van der Waals surface area contributed by atoms with E-state index in [2.05, 4.69) is 96.5 Å². The third kappa shape index (κ3) is 2.70. The third-order valence-corrected chi connectivity index (χ3v) is 5.19. The zero-order valence-corrected chi connectivity index (χ0v) is 15.3. The first-order valence-electron chi connectivity index (χ1n) is 9.30. The first-order valence-corrected chi connectivity index (χ1v) is 9.30. The maximum absolute atomic E-state index is 4.87. The Kier molecular flexibility index (Phi) is 3.75. The summed E-state index contributed by atoms with van der Waals surface area (Å²) in [5.41, 5.74) is 6.02. The summed E-state index contributed by atoms with van der Waals surface area (Å²) in [6, 6.07) is 32.1. The molecule has 0 N–H and O–H groups in total. The second kappa shape index (κ2) is 6.40. The van der Waals surface area contributed by atoms with E-state index in [1.54, 1.807) is 0 Å². The molecule has 1 aromatic heterocycles. The highest BCUT2D eigenvalue weighted by Gasteiger charge is 2.15. The van der Waals surface area contributed by atoms with Crippen LogP contribution in [-0.2, 0) is 6.42 Å². The second-order valence-electron chi connectivity index (χ2n) is 6.97.